The molecule has 4 N–H and O–H groups in total. The Morgan fingerprint density at radius 3 is 2.83 bits per heavy atom. The Balaban J connectivity index is 1.52. The zero-order valence-corrected chi connectivity index (χ0v) is 20.0. The van der Waals surface area contributed by atoms with Gasteiger partial charge in [-0.25, -0.2) is 9.97 Å². The lowest BCUT2D eigenvalue weighted by Gasteiger charge is -2.24. The molecule has 1 aliphatic heterocycles. The molecule has 184 valence electrons. The molecule has 0 bridgehead atoms. The van der Waals surface area contributed by atoms with Gasteiger partial charge in [0.25, 0.3) is 5.91 Å². The summed E-state index contributed by atoms with van der Waals surface area (Å²) >= 11 is 0. The lowest BCUT2D eigenvalue weighted by Crippen LogP contribution is -2.27. The van der Waals surface area contributed by atoms with Gasteiger partial charge in [0.05, 0.1) is 36.1 Å². The van der Waals surface area contributed by atoms with E-state index in [1.807, 2.05) is 44.3 Å². The predicted molar refractivity (Wildman–Crippen MR) is 136 cm³/mol. The molecule has 1 amide bonds. The second kappa shape index (κ2) is 11.6. The third-order valence-electron chi connectivity index (χ3n) is 5.60. The van der Waals surface area contributed by atoms with Crippen molar-refractivity contribution in [3.8, 4) is 17.0 Å². The quantitative estimate of drug-likeness (QED) is 0.448. The smallest absolute Gasteiger partial charge is 0.278 e. The van der Waals surface area contributed by atoms with E-state index in [2.05, 4.69) is 30.5 Å². The summed E-state index contributed by atoms with van der Waals surface area (Å²) < 4.78 is 11.4. The summed E-state index contributed by atoms with van der Waals surface area (Å²) in [5.74, 6) is 0.361. The molecule has 0 saturated carbocycles. The van der Waals surface area contributed by atoms with Gasteiger partial charge in [0, 0.05) is 38.0 Å². The van der Waals surface area contributed by atoms with Gasteiger partial charge in [-0.3, -0.25) is 9.78 Å². The standard InChI is InChI=1S/C25H31N7O3/c1-17(14-27-2)35-19-6-4-18(5-7-19)20-16-29-24(26)23(30-20)25(33)31-21-15-28-9-8-22(21)32-10-3-12-34-13-11-32/h4-9,15-17,27H,3,10-14H2,1-2H3,(H2,26,29)(H,31,33). The number of carbonyl (C=O) groups excluding carboxylic acids is 1. The number of aromatic nitrogens is 3. The first-order valence-electron chi connectivity index (χ1n) is 11.7. The molecule has 1 fully saturated rings. The largest absolute Gasteiger partial charge is 0.489 e. The first kappa shape index (κ1) is 24.4. The highest BCUT2D eigenvalue weighted by Gasteiger charge is 2.19. The molecule has 0 spiro atoms. The second-order valence-corrected chi connectivity index (χ2v) is 8.30. The summed E-state index contributed by atoms with van der Waals surface area (Å²) in [6.07, 6.45) is 5.84. The van der Waals surface area contributed by atoms with E-state index >= 15 is 0 Å². The summed E-state index contributed by atoms with van der Waals surface area (Å²) in [7, 11) is 1.88. The van der Waals surface area contributed by atoms with E-state index < -0.39 is 5.91 Å². The molecule has 1 atom stereocenters. The Morgan fingerprint density at radius 1 is 1.20 bits per heavy atom. The minimum atomic E-state index is -0.446. The van der Waals surface area contributed by atoms with Crippen molar-refractivity contribution in [3.05, 3.63) is 54.6 Å². The fourth-order valence-electron chi connectivity index (χ4n) is 3.90. The summed E-state index contributed by atoms with van der Waals surface area (Å²) in [6.45, 7) is 5.66. The first-order chi connectivity index (χ1) is 17.0. The van der Waals surface area contributed by atoms with Gasteiger partial charge in [0.2, 0.25) is 0 Å². The summed E-state index contributed by atoms with van der Waals surface area (Å²) in [5.41, 5.74) is 8.88. The SMILES string of the molecule is CNCC(C)Oc1ccc(-c2cnc(N)c(C(=O)Nc3cnccc3N3CCCOCC3)n2)cc1. The molecule has 0 radical (unpaired) electrons. The number of nitrogens with two attached hydrogens (primary N) is 1. The van der Waals surface area contributed by atoms with Gasteiger partial charge in [-0.05, 0) is 50.7 Å². The number of hydrogen-bond acceptors (Lipinski definition) is 9. The number of anilines is 3. The molecule has 4 rings (SSSR count). The molecular weight excluding hydrogens is 446 g/mol. The van der Waals surface area contributed by atoms with Crippen LogP contribution in [0.1, 0.15) is 23.8 Å². The van der Waals surface area contributed by atoms with Crippen LogP contribution >= 0.6 is 0 Å². The van der Waals surface area contributed by atoms with Crippen molar-refractivity contribution in [2.75, 3.05) is 55.8 Å². The summed E-state index contributed by atoms with van der Waals surface area (Å²) in [4.78, 5) is 28.2. The number of likely N-dealkylation sites (N-methyl/N-ethyl adjacent to an activating group) is 1. The van der Waals surface area contributed by atoms with Crippen molar-refractivity contribution in [2.24, 2.45) is 0 Å². The van der Waals surface area contributed by atoms with E-state index in [1.165, 1.54) is 0 Å². The zero-order chi connectivity index (χ0) is 24.6. The normalized spacial score (nSPS) is 14.7. The number of nitrogen functional groups attached to an aromatic ring is 1. The van der Waals surface area contributed by atoms with Gasteiger partial charge >= 0.3 is 0 Å². The van der Waals surface area contributed by atoms with Crippen molar-refractivity contribution in [1.29, 1.82) is 0 Å². The van der Waals surface area contributed by atoms with Crippen molar-refractivity contribution < 1.29 is 14.3 Å². The lowest BCUT2D eigenvalue weighted by molar-refractivity contribution is 0.102. The van der Waals surface area contributed by atoms with Gasteiger partial charge in [0.15, 0.2) is 11.5 Å². The fraction of sp³-hybridized carbons (Fsp3) is 0.360. The Hall–Kier alpha value is -3.76. The highest BCUT2D eigenvalue weighted by atomic mass is 16.5. The average Bonchev–Trinajstić information content (AvgIpc) is 3.15. The number of hydrogen-bond donors (Lipinski definition) is 3. The Kier molecular flexibility index (Phi) is 8.07. The number of ether oxygens (including phenoxy) is 2. The molecule has 2 aromatic heterocycles. The first-order valence-corrected chi connectivity index (χ1v) is 11.7. The van der Waals surface area contributed by atoms with Gasteiger partial charge < -0.3 is 30.7 Å². The molecule has 0 aliphatic carbocycles. The number of benzene rings is 1. The van der Waals surface area contributed by atoms with E-state index in [0.717, 1.165) is 49.7 Å². The molecule has 10 nitrogen and oxygen atoms in total. The minimum Gasteiger partial charge on any atom is -0.489 e. The van der Waals surface area contributed by atoms with Gasteiger partial charge in [-0.2, -0.15) is 0 Å². The zero-order valence-electron chi connectivity index (χ0n) is 20.0. The summed E-state index contributed by atoms with van der Waals surface area (Å²) in [6, 6.07) is 9.37. The molecule has 3 aromatic rings. The van der Waals surface area contributed by atoms with E-state index in [9.17, 15) is 4.79 Å². The van der Waals surface area contributed by atoms with Gasteiger partial charge in [-0.15, -0.1) is 0 Å². The van der Waals surface area contributed by atoms with E-state index in [0.29, 0.717) is 18.0 Å². The number of nitrogens with zero attached hydrogens (tertiary/aromatic N) is 4. The van der Waals surface area contributed by atoms with Crippen LogP contribution in [0, 0.1) is 0 Å². The monoisotopic (exact) mass is 477 g/mol. The fourth-order valence-corrected chi connectivity index (χ4v) is 3.90. The maximum atomic E-state index is 13.2. The minimum absolute atomic E-state index is 0.0386. The second-order valence-electron chi connectivity index (χ2n) is 8.30. The van der Waals surface area contributed by atoms with Crippen molar-refractivity contribution in [1.82, 2.24) is 20.3 Å². The maximum Gasteiger partial charge on any atom is 0.278 e. The van der Waals surface area contributed by atoms with Crippen molar-refractivity contribution in [2.45, 2.75) is 19.4 Å². The number of nitrogens with one attached hydrogen (secondary N) is 2. The predicted octanol–water partition coefficient (Wildman–Crippen LogP) is 2.59. The molecule has 10 heteroatoms. The molecule has 1 unspecified atom stereocenters. The molecule has 1 aliphatic rings. The van der Waals surface area contributed by atoms with Crippen LogP contribution in [0.4, 0.5) is 17.2 Å². The molecule has 1 saturated heterocycles. The lowest BCUT2D eigenvalue weighted by atomic mass is 10.1. The van der Waals surface area contributed by atoms with Gasteiger partial charge in [0.1, 0.15) is 11.9 Å². The van der Waals surface area contributed by atoms with E-state index in [4.69, 9.17) is 15.2 Å². The average molecular weight is 478 g/mol. The Morgan fingerprint density at radius 2 is 2.03 bits per heavy atom. The van der Waals surface area contributed by atoms with E-state index in [1.54, 1.807) is 18.6 Å². The number of amides is 1. The van der Waals surface area contributed by atoms with Crippen LogP contribution < -0.4 is 26.0 Å². The van der Waals surface area contributed by atoms with Crippen LogP contribution in [0.15, 0.2) is 48.9 Å². The third-order valence-corrected chi connectivity index (χ3v) is 5.60. The maximum absolute atomic E-state index is 13.2. The van der Waals surface area contributed by atoms with Crippen molar-refractivity contribution >= 4 is 23.1 Å². The number of carbonyl (C=O) groups is 1. The van der Waals surface area contributed by atoms with E-state index in [-0.39, 0.29) is 17.6 Å². The van der Waals surface area contributed by atoms with Crippen LogP contribution in [0.5, 0.6) is 5.75 Å². The van der Waals surface area contributed by atoms with Crippen LogP contribution in [-0.4, -0.2) is 66.9 Å². The molecule has 3 heterocycles. The van der Waals surface area contributed by atoms with Crippen LogP contribution in [0.2, 0.25) is 0 Å². The highest BCUT2D eigenvalue weighted by molar-refractivity contribution is 6.07. The molecular formula is C25H31N7O3. The molecule has 35 heavy (non-hydrogen) atoms. The third kappa shape index (κ3) is 6.23. The highest BCUT2D eigenvalue weighted by Crippen LogP contribution is 2.27. The van der Waals surface area contributed by atoms with Gasteiger partial charge in [-0.1, -0.05) is 0 Å². The molecule has 1 aromatic carbocycles. The van der Waals surface area contributed by atoms with Crippen LogP contribution in [0.3, 0.4) is 0 Å². The van der Waals surface area contributed by atoms with Crippen molar-refractivity contribution in [3.63, 3.8) is 0 Å². The topological polar surface area (TPSA) is 128 Å². The number of pyridine rings is 1. The van der Waals surface area contributed by atoms with Crippen LogP contribution in [0.25, 0.3) is 11.3 Å². The Bertz CT molecular complexity index is 1130. The Labute approximate surface area is 204 Å². The summed E-state index contributed by atoms with van der Waals surface area (Å²) in [5, 5.41) is 6.00. The number of rotatable bonds is 8. The van der Waals surface area contributed by atoms with Crippen LogP contribution in [-0.2, 0) is 4.74 Å².